The number of carboxylic acids is 2. The van der Waals surface area contributed by atoms with E-state index in [2.05, 4.69) is 0 Å². The molecule has 0 heterocycles. The van der Waals surface area contributed by atoms with Crippen LogP contribution in [0, 0.1) is 5.41 Å². The summed E-state index contributed by atoms with van der Waals surface area (Å²) in [4.78, 5) is 23.1. The number of hydrogen-bond donors (Lipinski definition) is 0. The maximum Gasteiger partial charge on any atom is 0.0574 e. The molecule has 108 valence electrons. The van der Waals surface area contributed by atoms with Gasteiger partial charge >= 0.3 is 0 Å². The van der Waals surface area contributed by atoms with Crippen molar-refractivity contribution in [3.05, 3.63) is 71.8 Å². The van der Waals surface area contributed by atoms with Crippen LogP contribution in [0.1, 0.15) is 11.1 Å². The van der Waals surface area contributed by atoms with Crippen LogP contribution >= 0.6 is 0 Å². The SMILES string of the molecule is O=C([O-])C(Cc1ccccc1)(Cc1ccccc1)C(=O)[O-]. The standard InChI is InChI=1S/C17H16O4/c18-15(19)17(16(20)21,11-13-7-3-1-4-8-13)12-14-9-5-2-6-10-14/h1-10H,11-12H2,(H,18,19)(H,20,21)/p-2. The zero-order valence-electron chi connectivity index (χ0n) is 11.3. The van der Waals surface area contributed by atoms with E-state index in [4.69, 9.17) is 0 Å². The smallest absolute Gasteiger partial charge is 0.0574 e. The summed E-state index contributed by atoms with van der Waals surface area (Å²) in [6, 6.07) is 17.2. The van der Waals surface area contributed by atoms with Crippen molar-refractivity contribution in [1.82, 2.24) is 0 Å². The molecule has 0 radical (unpaired) electrons. The van der Waals surface area contributed by atoms with Crippen LogP contribution in [0.2, 0.25) is 0 Å². The topological polar surface area (TPSA) is 80.3 Å². The molecule has 0 aromatic heterocycles. The molecular formula is C17H14O4-2. The Morgan fingerprint density at radius 2 is 1.05 bits per heavy atom. The van der Waals surface area contributed by atoms with E-state index in [0.29, 0.717) is 11.1 Å². The molecule has 2 rings (SSSR count). The van der Waals surface area contributed by atoms with Crippen LogP contribution in [0.5, 0.6) is 0 Å². The maximum absolute atomic E-state index is 11.5. The van der Waals surface area contributed by atoms with Gasteiger partial charge in [0.15, 0.2) is 0 Å². The Hall–Kier alpha value is -2.62. The summed E-state index contributed by atoms with van der Waals surface area (Å²) in [6.45, 7) is 0. The molecule has 0 saturated heterocycles. The van der Waals surface area contributed by atoms with Crippen molar-refractivity contribution in [1.29, 1.82) is 0 Å². The average molecular weight is 282 g/mol. The molecule has 0 fully saturated rings. The van der Waals surface area contributed by atoms with Gasteiger partial charge in [0, 0.05) is 0 Å². The van der Waals surface area contributed by atoms with Crippen LogP contribution in [-0.4, -0.2) is 11.9 Å². The highest BCUT2D eigenvalue weighted by atomic mass is 16.4. The third-order valence-electron chi connectivity index (χ3n) is 3.48. The van der Waals surface area contributed by atoms with Crippen LogP contribution in [-0.2, 0) is 22.4 Å². The highest BCUT2D eigenvalue weighted by molar-refractivity contribution is 5.97. The van der Waals surface area contributed by atoms with Crippen molar-refractivity contribution in [2.24, 2.45) is 5.41 Å². The first kappa shape index (κ1) is 14.8. The van der Waals surface area contributed by atoms with E-state index < -0.39 is 17.4 Å². The van der Waals surface area contributed by atoms with Crippen LogP contribution in [0.3, 0.4) is 0 Å². The molecule has 4 nitrogen and oxygen atoms in total. The molecule has 0 amide bonds. The summed E-state index contributed by atoms with van der Waals surface area (Å²) in [5.41, 5.74) is -0.855. The second-order valence-electron chi connectivity index (χ2n) is 4.98. The molecule has 2 aromatic carbocycles. The molecule has 0 aliphatic heterocycles. The van der Waals surface area contributed by atoms with Gasteiger partial charge in [0.1, 0.15) is 0 Å². The van der Waals surface area contributed by atoms with E-state index in [0.717, 1.165) is 0 Å². The Balaban J connectivity index is 2.38. The zero-order chi connectivity index (χ0) is 15.3. The van der Waals surface area contributed by atoms with E-state index >= 15 is 0 Å². The Labute approximate surface area is 122 Å². The molecule has 0 saturated carbocycles. The van der Waals surface area contributed by atoms with E-state index in [-0.39, 0.29) is 12.8 Å². The number of rotatable bonds is 6. The normalized spacial score (nSPS) is 11.0. The van der Waals surface area contributed by atoms with Gasteiger partial charge in [0.05, 0.1) is 17.4 Å². The van der Waals surface area contributed by atoms with Gasteiger partial charge in [-0.2, -0.15) is 0 Å². The van der Waals surface area contributed by atoms with Gasteiger partial charge in [-0.15, -0.1) is 0 Å². The molecule has 0 aliphatic carbocycles. The summed E-state index contributed by atoms with van der Waals surface area (Å²) in [5, 5.41) is 23.1. The van der Waals surface area contributed by atoms with Gasteiger partial charge in [-0.05, 0) is 24.0 Å². The molecule has 2 aromatic rings. The third-order valence-corrected chi connectivity index (χ3v) is 3.48. The number of benzene rings is 2. The third kappa shape index (κ3) is 3.28. The van der Waals surface area contributed by atoms with Crippen molar-refractivity contribution in [3.8, 4) is 0 Å². The van der Waals surface area contributed by atoms with Gasteiger partial charge in [0.2, 0.25) is 0 Å². The Morgan fingerprint density at radius 3 is 1.33 bits per heavy atom. The maximum atomic E-state index is 11.5. The molecule has 0 aliphatic rings. The number of carboxylic acid groups (broad SMARTS) is 2. The monoisotopic (exact) mass is 282 g/mol. The summed E-state index contributed by atoms with van der Waals surface area (Å²) < 4.78 is 0. The van der Waals surface area contributed by atoms with Gasteiger partial charge in [-0.25, -0.2) is 0 Å². The van der Waals surface area contributed by atoms with Crippen molar-refractivity contribution < 1.29 is 19.8 Å². The summed E-state index contributed by atoms with van der Waals surface area (Å²) in [5.74, 6) is -3.26. The van der Waals surface area contributed by atoms with E-state index in [1.165, 1.54) is 0 Å². The quantitative estimate of drug-likeness (QED) is 0.696. The lowest BCUT2D eigenvalue weighted by Gasteiger charge is -2.36. The number of aliphatic carboxylic acids is 2. The minimum absolute atomic E-state index is 0.173. The minimum atomic E-state index is -2.08. The second kappa shape index (κ2) is 6.22. The molecule has 0 atom stereocenters. The second-order valence-corrected chi connectivity index (χ2v) is 4.98. The summed E-state index contributed by atoms with van der Waals surface area (Å²) in [6.07, 6.45) is -0.346. The molecule has 0 N–H and O–H groups in total. The van der Waals surface area contributed by atoms with E-state index in [1.54, 1.807) is 60.7 Å². The molecule has 21 heavy (non-hydrogen) atoms. The van der Waals surface area contributed by atoms with E-state index in [9.17, 15) is 19.8 Å². The van der Waals surface area contributed by atoms with Crippen LogP contribution in [0.15, 0.2) is 60.7 Å². The summed E-state index contributed by atoms with van der Waals surface area (Å²) >= 11 is 0. The summed E-state index contributed by atoms with van der Waals surface area (Å²) in [7, 11) is 0. The van der Waals surface area contributed by atoms with E-state index in [1.807, 2.05) is 0 Å². The van der Waals surface area contributed by atoms with Crippen molar-refractivity contribution in [2.45, 2.75) is 12.8 Å². The van der Waals surface area contributed by atoms with Gasteiger partial charge < -0.3 is 19.8 Å². The fourth-order valence-corrected chi connectivity index (χ4v) is 2.32. The Morgan fingerprint density at radius 1 is 0.714 bits per heavy atom. The molecule has 0 unspecified atom stereocenters. The number of carbonyl (C=O) groups is 2. The van der Waals surface area contributed by atoms with Crippen molar-refractivity contribution in [2.75, 3.05) is 0 Å². The van der Waals surface area contributed by atoms with Crippen LogP contribution in [0.4, 0.5) is 0 Å². The molecular weight excluding hydrogens is 268 g/mol. The van der Waals surface area contributed by atoms with Gasteiger partial charge in [0.25, 0.3) is 0 Å². The van der Waals surface area contributed by atoms with Crippen LogP contribution in [0.25, 0.3) is 0 Å². The molecule has 4 heteroatoms. The first-order valence-corrected chi connectivity index (χ1v) is 6.55. The fourth-order valence-electron chi connectivity index (χ4n) is 2.32. The zero-order valence-corrected chi connectivity index (χ0v) is 11.3. The lowest BCUT2D eigenvalue weighted by Crippen LogP contribution is -2.56. The lowest BCUT2D eigenvalue weighted by atomic mass is 9.76. The fraction of sp³-hybridized carbons (Fsp3) is 0.176. The Kier molecular flexibility index (Phi) is 4.38. The predicted molar refractivity (Wildman–Crippen MR) is 72.7 cm³/mol. The minimum Gasteiger partial charge on any atom is -0.549 e. The van der Waals surface area contributed by atoms with Gasteiger partial charge in [-0.1, -0.05) is 60.7 Å². The number of carbonyl (C=O) groups excluding carboxylic acids is 2. The highest BCUT2D eigenvalue weighted by Gasteiger charge is 2.34. The van der Waals surface area contributed by atoms with Crippen LogP contribution < -0.4 is 10.2 Å². The lowest BCUT2D eigenvalue weighted by molar-refractivity contribution is -0.343. The number of hydrogen-bond acceptors (Lipinski definition) is 4. The van der Waals surface area contributed by atoms with Crippen molar-refractivity contribution in [3.63, 3.8) is 0 Å². The Bertz CT molecular complexity index is 562. The molecule has 0 spiro atoms. The largest absolute Gasteiger partial charge is 0.549 e. The van der Waals surface area contributed by atoms with Gasteiger partial charge in [-0.3, -0.25) is 0 Å². The first-order valence-electron chi connectivity index (χ1n) is 6.55. The molecule has 0 bridgehead atoms. The van der Waals surface area contributed by atoms with Crippen molar-refractivity contribution >= 4 is 11.9 Å². The highest BCUT2D eigenvalue weighted by Crippen LogP contribution is 2.27. The predicted octanol–water partition coefficient (Wildman–Crippen LogP) is -0.0420. The average Bonchev–Trinajstić information content (AvgIpc) is 2.48. The first-order chi connectivity index (χ1) is 10.0.